The van der Waals surface area contributed by atoms with Crippen molar-refractivity contribution in [3.05, 3.63) is 45.7 Å². The second-order valence-electron chi connectivity index (χ2n) is 5.27. The average molecular weight is 308 g/mol. The van der Waals surface area contributed by atoms with Crippen molar-refractivity contribution < 1.29 is 0 Å². The molecule has 0 atom stereocenters. The van der Waals surface area contributed by atoms with Crippen molar-refractivity contribution in [3.8, 4) is 6.07 Å². The molecule has 116 valence electrons. The Balaban J connectivity index is 1.93. The number of para-hydroxylation sites is 1. The number of aromatic nitrogens is 2. The number of aromatic amines is 1. The number of nitrogens with two attached hydrogens (primary N) is 1. The van der Waals surface area contributed by atoms with Crippen molar-refractivity contribution in [2.45, 2.75) is 12.8 Å². The van der Waals surface area contributed by atoms with Crippen LogP contribution < -0.4 is 16.2 Å². The first-order valence-corrected chi connectivity index (χ1v) is 7.37. The number of nitrogens with zero attached hydrogens (tertiary/aromatic N) is 4. The van der Waals surface area contributed by atoms with E-state index in [1.165, 1.54) is 6.21 Å². The second kappa shape index (κ2) is 6.32. The minimum atomic E-state index is -0.336. The average Bonchev–Trinajstić information content (AvgIpc) is 3.08. The Bertz CT molecular complexity index is 842. The molecule has 2 aromatic rings. The smallest absolute Gasteiger partial charge is 0.263 e. The van der Waals surface area contributed by atoms with Crippen LogP contribution in [0.2, 0.25) is 0 Å². The van der Waals surface area contributed by atoms with Crippen LogP contribution in [-0.4, -0.2) is 29.3 Å². The third-order valence-electron chi connectivity index (χ3n) is 3.74. The Kier molecular flexibility index (Phi) is 4.06. The van der Waals surface area contributed by atoms with E-state index < -0.39 is 0 Å². The monoisotopic (exact) mass is 308 g/mol. The van der Waals surface area contributed by atoms with E-state index in [2.05, 4.69) is 21.0 Å². The lowest BCUT2D eigenvalue weighted by atomic mass is 10.2. The largest absolute Gasteiger partial charge is 0.383 e. The van der Waals surface area contributed by atoms with Gasteiger partial charge in [-0.15, -0.1) is 0 Å². The number of aliphatic imine (C=N–C) groups is 1. The summed E-state index contributed by atoms with van der Waals surface area (Å²) in [5, 5.41) is 9.05. The van der Waals surface area contributed by atoms with Crippen LogP contribution in [0.1, 0.15) is 24.0 Å². The summed E-state index contributed by atoms with van der Waals surface area (Å²) in [4.78, 5) is 25.4. The number of anilines is 2. The standard InChI is InChI=1S/C16H16N6O/c17-9-11-5-1-2-6-13(11)19-10-12-14(18)20-16(21-15(12)23)22-7-3-4-8-22/h1-2,5-6,10H,3-4,7-8H2,(H3,18,20,21,23). The van der Waals surface area contributed by atoms with Gasteiger partial charge in [0.05, 0.1) is 11.3 Å². The number of hydrogen-bond donors (Lipinski definition) is 2. The van der Waals surface area contributed by atoms with Crippen LogP contribution in [0.4, 0.5) is 17.5 Å². The molecule has 7 heteroatoms. The minimum absolute atomic E-state index is 0.133. The first-order chi connectivity index (χ1) is 11.2. The van der Waals surface area contributed by atoms with E-state index in [1.54, 1.807) is 24.3 Å². The SMILES string of the molecule is N#Cc1ccccc1N=Cc1c(N)nc(N2CCCC2)[nH]c1=O. The van der Waals surface area contributed by atoms with Gasteiger partial charge in [-0.1, -0.05) is 12.1 Å². The molecule has 0 bridgehead atoms. The van der Waals surface area contributed by atoms with Crippen molar-refractivity contribution in [1.82, 2.24) is 9.97 Å². The fourth-order valence-corrected chi connectivity index (χ4v) is 2.51. The molecule has 1 saturated heterocycles. The van der Waals surface area contributed by atoms with Crippen LogP contribution in [0.15, 0.2) is 34.1 Å². The van der Waals surface area contributed by atoms with Crippen molar-refractivity contribution in [1.29, 1.82) is 5.26 Å². The van der Waals surface area contributed by atoms with E-state index in [0.29, 0.717) is 17.2 Å². The maximum absolute atomic E-state index is 12.2. The van der Waals surface area contributed by atoms with Gasteiger partial charge in [-0.2, -0.15) is 10.2 Å². The molecule has 0 unspecified atom stereocenters. The molecule has 1 aliphatic heterocycles. The number of H-pyrrole nitrogens is 1. The van der Waals surface area contributed by atoms with Crippen molar-refractivity contribution in [2.24, 2.45) is 4.99 Å². The van der Waals surface area contributed by atoms with E-state index >= 15 is 0 Å². The third kappa shape index (κ3) is 3.06. The fraction of sp³-hybridized carbons (Fsp3) is 0.250. The molecular formula is C16H16N6O. The molecule has 7 nitrogen and oxygen atoms in total. The van der Waals surface area contributed by atoms with Crippen LogP contribution in [0.5, 0.6) is 0 Å². The lowest BCUT2D eigenvalue weighted by Gasteiger charge is -2.16. The second-order valence-corrected chi connectivity index (χ2v) is 5.27. The van der Waals surface area contributed by atoms with Gasteiger partial charge in [-0.25, -0.2) is 0 Å². The number of rotatable bonds is 3. The minimum Gasteiger partial charge on any atom is -0.383 e. The zero-order chi connectivity index (χ0) is 16.2. The summed E-state index contributed by atoms with van der Waals surface area (Å²) in [6, 6.07) is 8.94. The number of benzene rings is 1. The van der Waals surface area contributed by atoms with Crippen LogP contribution in [0, 0.1) is 11.3 Å². The lowest BCUT2D eigenvalue weighted by Crippen LogP contribution is -2.26. The van der Waals surface area contributed by atoms with E-state index in [-0.39, 0.29) is 16.9 Å². The van der Waals surface area contributed by atoms with Crippen molar-refractivity contribution in [3.63, 3.8) is 0 Å². The molecule has 0 aliphatic carbocycles. The number of nitriles is 1. The summed E-state index contributed by atoms with van der Waals surface area (Å²) in [6.45, 7) is 1.73. The molecule has 23 heavy (non-hydrogen) atoms. The van der Waals surface area contributed by atoms with Gasteiger partial charge in [0.2, 0.25) is 5.95 Å². The molecular weight excluding hydrogens is 292 g/mol. The lowest BCUT2D eigenvalue weighted by molar-refractivity contribution is 0.892. The molecule has 1 aromatic heterocycles. The fourth-order valence-electron chi connectivity index (χ4n) is 2.51. The molecule has 2 heterocycles. The van der Waals surface area contributed by atoms with Crippen molar-refractivity contribution in [2.75, 3.05) is 23.7 Å². The summed E-state index contributed by atoms with van der Waals surface area (Å²) in [6.07, 6.45) is 3.51. The molecule has 1 aliphatic rings. The Hall–Kier alpha value is -3.14. The molecule has 0 amide bonds. The Morgan fingerprint density at radius 2 is 2.09 bits per heavy atom. The molecule has 1 fully saturated rings. The predicted molar refractivity (Wildman–Crippen MR) is 89.1 cm³/mol. The Labute approximate surface area is 133 Å². The quantitative estimate of drug-likeness (QED) is 0.836. The topological polar surface area (TPSA) is 111 Å². The van der Waals surface area contributed by atoms with Gasteiger partial charge in [-0.3, -0.25) is 14.8 Å². The van der Waals surface area contributed by atoms with Crippen molar-refractivity contribution >= 4 is 23.7 Å². The van der Waals surface area contributed by atoms with E-state index in [9.17, 15) is 4.79 Å². The maximum atomic E-state index is 12.2. The molecule has 3 N–H and O–H groups in total. The normalized spacial score (nSPS) is 14.3. The van der Waals surface area contributed by atoms with Gasteiger partial charge in [-0.05, 0) is 25.0 Å². The highest BCUT2D eigenvalue weighted by Crippen LogP contribution is 2.18. The first kappa shape index (κ1) is 14.8. The molecule has 0 saturated carbocycles. The van der Waals surface area contributed by atoms with Gasteiger partial charge in [0, 0.05) is 19.3 Å². The summed E-state index contributed by atoms with van der Waals surface area (Å²) in [7, 11) is 0. The van der Waals surface area contributed by atoms with E-state index in [4.69, 9.17) is 11.0 Å². The molecule has 0 spiro atoms. The summed E-state index contributed by atoms with van der Waals surface area (Å²) < 4.78 is 0. The van der Waals surface area contributed by atoms with Gasteiger partial charge in [0.25, 0.3) is 5.56 Å². The molecule has 3 rings (SSSR count). The molecule has 0 radical (unpaired) electrons. The van der Waals surface area contributed by atoms with Crippen LogP contribution in [-0.2, 0) is 0 Å². The van der Waals surface area contributed by atoms with Gasteiger partial charge < -0.3 is 10.6 Å². The van der Waals surface area contributed by atoms with Crippen LogP contribution in [0.3, 0.4) is 0 Å². The van der Waals surface area contributed by atoms with Crippen LogP contribution in [0.25, 0.3) is 0 Å². The zero-order valence-electron chi connectivity index (χ0n) is 12.5. The number of nitrogen functional groups attached to an aromatic ring is 1. The molecule has 1 aromatic carbocycles. The summed E-state index contributed by atoms with van der Waals surface area (Å²) in [5.41, 5.74) is 6.68. The Morgan fingerprint density at radius 1 is 1.35 bits per heavy atom. The third-order valence-corrected chi connectivity index (χ3v) is 3.74. The van der Waals surface area contributed by atoms with Gasteiger partial charge >= 0.3 is 0 Å². The van der Waals surface area contributed by atoms with Gasteiger partial charge in [0.1, 0.15) is 17.5 Å². The van der Waals surface area contributed by atoms with Gasteiger partial charge in [0.15, 0.2) is 0 Å². The van der Waals surface area contributed by atoms with E-state index in [0.717, 1.165) is 25.9 Å². The van der Waals surface area contributed by atoms with Crippen LogP contribution >= 0.6 is 0 Å². The highest BCUT2D eigenvalue weighted by Gasteiger charge is 2.16. The first-order valence-electron chi connectivity index (χ1n) is 7.37. The summed E-state index contributed by atoms with van der Waals surface area (Å²) in [5.74, 6) is 0.633. The highest BCUT2D eigenvalue weighted by atomic mass is 16.1. The van der Waals surface area contributed by atoms with E-state index in [1.807, 2.05) is 4.90 Å². The predicted octanol–water partition coefficient (Wildman–Crippen LogP) is 1.57. The summed E-state index contributed by atoms with van der Waals surface area (Å²) >= 11 is 0. The zero-order valence-corrected chi connectivity index (χ0v) is 12.5. The Morgan fingerprint density at radius 3 is 2.78 bits per heavy atom. The highest BCUT2D eigenvalue weighted by molar-refractivity contribution is 5.87. The number of hydrogen-bond acceptors (Lipinski definition) is 6. The number of nitrogens with one attached hydrogen (secondary N) is 1. The maximum Gasteiger partial charge on any atom is 0.263 e.